The molecule has 216 valence electrons. The van der Waals surface area contributed by atoms with Gasteiger partial charge in [0.1, 0.15) is 11.8 Å². The zero-order valence-corrected chi connectivity index (χ0v) is 25.5. The summed E-state index contributed by atoms with van der Waals surface area (Å²) >= 11 is 6.80. The lowest BCUT2D eigenvalue weighted by Gasteiger charge is -2.23. The van der Waals surface area contributed by atoms with E-state index < -0.39 is 6.04 Å². The number of hydrogen-bond acceptors (Lipinski definition) is 7. The molecule has 0 fully saturated rings. The van der Waals surface area contributed by atoms with Gasteiger partial charge in [0.15, 0.2) is 0 Å². The molecule has 9 nitrogen and oxygen atoms in total. The number of halogens is 1. The Kier molecular flexibility index (Phi) is 7.93. The SMILES string of the molecule is CCC(C)n1cc([C@@H](Nc2cc(Cl)c3ncc(C#N)c(NCC(C)(C)C)c3c2)c2cccc3c(=O)n(C)ccc23)nn1. The largest absolute Gasteiger partial charge is 0.383 e. The fraction of sp³-hybridized carbons (Fsp3) is 0.344. The highest BCUT2D eigenvalue weighted by Gasteiger charge is 2.23. The zero-order chi connectivity index (χ0) is 30.2. The van der Waals surface area contributed by atoms with Gasteiger partial charge in [-0.05, 0) is 54.0 Å². The van der Waals surface area contributed by atoms with E-state index in [-0.39, 0.29) is 17.0 Å². The van der Waals surface area contributed by atoms with Crippen molar-refractivity contribution in [1.29, 1.82) is 5.26 Å². The summed E-state index contributed by atoms with van der Waals surface area (Å²) in [6.45, 7) is 11.2. The first kappa shape index (κ1) is 29.1. The summed E-state index contributed by atoms with van der Waals surface area (Å²) in [5.41, 5.74) is 3.95. The number of nitrogens with one attached hydrogen (secondary N) is 2. The molecule has 0 saturated carbocycles. The highest BCUT2D eigenvalue weighted by atomic mass is 35.5. The molecule has 1 unspecified atom stereocenters. The van der Waals surface area contributed by atoms with Crippen molar-refractivity contribution in [1.82, 2.24) is 24.5 Å². The minimum Gasteiger partial charge on any atom is -0.383 e. The number of pyridine rings is 2. The topological polar surface area (TPSA) is 113 Å². The molecule has 0 aliphatic heterocycles. The van der Waals surface area contributed by atoms with E-state index in [1.807, 2.05) is 47.3 Å². The van der Waals surface area contributed by atoms with Gasteiger partial charge in [-0.2, -0.15) is 5.26 Å². The summed E-state index contributed by atoms with van der Waals surface area (Å²) in [5, 5.41) is 28.6. The van der Waals surface area contributed by atoms with Crippen molar-refractivity contribution in [3.63, 3.8) is 0 Å². The normalized spacial score (nSPS) is 13.2. The van der Waals surface area contributed by atoms with Crippen molar-refractivity contribution >= 4 is 44.7 Å². The number of hydrogen-bond donors (Lipinski definition) is 2. The van der Waals surface area contributed by atoms with Gasteiger partial charge < -0.3 is 15.2 Å². The van der Waals surface area contributed by atoms with Crippen LogP contribution in [0.25, 0.3) is 21.7 Å². The molecule has 0 aliphatic carbocycles. The first-order chi connectivity index (χ1) is 20.0. The summed E-state index contributed by atoms with van der Waals surface area (Å²) in [7, 11) is 1.74. The molecule has 42 heavy (non-hydrogen) atoms. The fourth-order valence-corrected chi connectivity index (χ4v) is 5.19. The quantitative estimate of drug-likeness (QED) is 0.206. The van der Waals surface area contributed by atoms with E-state index in [1.54, 1.807) is 24.0 Å². The van der Waals surface area contributed by atoms with Crippen LogP contribution in [0.3, 0.4) is 0 Å². The van der Waals surface area contributed by atoms with E-state index in [4.69, 9.17) is 11.6 Å². The molecule has 2 aromatic carbocycles. The van der Waals surface area contributed by atoms with Gasteiger partial charge in [-0.1, -0.05) is 56.6 Å². The van der Waals surface area contributed by atoms with Gasteiger partial charge in [0, 0.05) is 42.4 Å². The second kappa shape index (κ2) is 11.5. The lowest BCUT2D eigenvalue weighted by molar-refractivity contribution is 0.443. The molecule has 0 bridgehead atoms. The molecule has 5 rings (SSSR count). The van der Waals surface area contributed by atoms with Gasteiger partial charge in [0.05, 0.1) is 40.1 Å². The third kappa shape index (κ3) is 5.68. The van der Waals surface area contributed by atoms with Crippen LogP contribution in [0.4, 0.5) is 11.4 Å². The Hall–Kier alpha value is -4.42. The molecule has 2 N–H and O–H groups in total. The monoisotopic (exact) mass is 582 g/mol. The molecular formula is C32H35ClN8O. The van der Waals surface area contributed by atoms with E-state index in [1.165, 1.54) is 0 Å². The van der Waals surface area contributed by atoms with Gasteiger partial charge in [0.25, 0.3) is 5.56 Å². The molecule has 0 aliphatic rings. The molecule has 0 saturated heterocycles. The van der Waals surface area contributed by atoms with Crippen molar-refractivity contribution < 1.29 is 0 Å². The average Bonchev–Trinajstić information content (AvgIpc) is 3.45. The maximum Gasteiger partial charge on any atom is 0.258 e. The zero-order valence-electron chi connectivity index (χ0n) is 24.7. The summed E-state index contributed by atoms with van der Waals surface area (Å²) in [4.78, 5) is 17.5. The van der Waals surface area contributed by atoms with Crippen LogP contribution in [0, 0.1) is 16.7 Å². The van der Waals surface area contributed by atoms with Gasteiger partial charge in [-0.15, -0.1) is 5.10 Å². The van der Waals surface area contributed by atoms with Crippen LogP contribution in [0.5, 0.6) is 0 Å². The van der Waals surface area contributed by atoms with Crippen LogP contribution < -0.4 is 16.2 Å². The number of nitrogens with zero attached hydrogens (tertiary/aromatic N) is 6. The number of nitriles is 1. The van der Waals surface area contributed by atoms with Crippen LogP contribution in [0.15, 0.2) is 59.8 Å². The van der Waals surface area contributed by atoms with Gasteiger partial charge in [-0.25, -0.2) is 4.68 Å². The predicted molar refractivity (Wildman–Crippen MR) is 169 cm³/mol. The maximum absolute atomic E-state index is 13.0. The molecule has 5 aromatic rings. The van der Waals surface area contributed by atoms with Gasteiger partial charge in [0.2, 0.25) is 0 Å². The van der Waals surface area contributed by atoms with E-state index in [0.29, 0.717) is 45.1 Å². The molecule has 3 aromatic heterocycles. The number of rotatable bonds is 8. The Morgan fingerprint density at radius 2 is 1.93 bits per heavy atom. The molecule has 0 spiro atoms. The first-order valence-corrected chi connectivity index (χ1v) is 14.4. The van der Waals surface area contributed by atoms with Crippen LogP contribution in [0.1, 0.15) is 69.9 Å². The molecule has 10 heteroatoms. The van der Waals surface area contributed by atoms with E-state index in [0.717, 1.165) is 22.8 Å². The Balaban J connectivity index is 1.68. The minimum atomic E-state index is -0.453. The number of fused-ring (bicyclic) bond motifs is 2. The molecular weight excluding hydrogens is 548 g/mol. The van der Waals surface area contributed by atoms with E-state index in [2.05, 4.69) is 66.6 Å². The van der Waals surface area contributed by atoms with Crippen molar-refractivity contribution in [2.45, 2.75) is 53.1 Å². The molecule has 3 heterocycles. The van der Waals surface area contributed by atoms with Crippen molar-refractivity contribution in [2.24, 2.45) is 12.5 Å². The second-order valence-corrected chi connectivity index (χ2v) is 12.3. The van der Waals surface area contributed by atoms with E-state index >= 15 is 0 Å². The maximum atomic E-state index is 13.0. The Labute approximate surface area is 250 Å². The number of aromatic nitrogens is 5. The van der Waals surface area contributed by atoms with Crippen LogP contribution in [0.2, 0.25) is 5.02 Å². The Morgan fingerprint density at radius 3 is 2.64 bits per heavy atom. The van der Waals surface area contributed by atoms with E-state index in [9.17, 15) is 10.1 Å². The Morgan fingerprint density at radius 1 is 1.14 bits per heavy atom. The summed E-state index contributed by atoms with van der Waals surface area (Å²) in [5.74, 6) is 0. The lowest BCUT2D eigenvalue weighted by atomic mass is 9.96. The number of benzene rings is 2. The molecule has 0 amide bonds. The third-order valence-electron chi connectivity index (χ3n) is 7.48. The van der Waals surface area contributed by atoms with Crippen LogP contribution >= 0.6 is 11.6 Å². The Bertz CT molecular complexity index is 1880. The highest BCUT2D eigenvalue weighted by molar-refractivity contribution is 6.35. The van der Waals surface area contributed by atoms with Gasteiger partial charge in [-0.3, -0.25) is 9.78 Å². The predicted octanol–water partition coefficient (Wildman–Crippen LogP) is 6.83. The summed E-state index contributed by atoms with van der Waals surface area (Å²) in [6, 6.07) is 13.4. The first-order valence-electron chi connectivity index (χ1n) is 14.0. The second-order valence-electron chi connectivity index (χ2n) is 11.9. The minimum absolute atomic E-state index is 0.0139. The summed E-state index contributed by atoms with van der Waals surface area (Å²) in [6.07, 6.45) is 6.18. The van der Waals surface area contributed by atoms with Crippen LogP contribution in [-0.2, 0) is 7.05 Å². The molecule has 0 radical (unpaired) electrons. The summed E-state index contributed by atoms with van der Waals surface area (Å²) < 4.78 is 3.43. The van der Waals surface area contributed by atoms with Crippen LogP contribution in [-0.4, -0.2) is 31.1 Å². The average molecular weight is 583 g/mol. The number of aryl methyl sites for hydroxylation is 1. The fourth-order valence-electron chi connectivity index (χ4n) is 4.93. The van der Waals surface area contributed by atoms with Crippen molar-refractivity contribution in [2.75, 3.05) is 17.2 Å². The lowest BCUT2D eigenvalue weighted by Crippen LogP contribution is -2.20. The van der Waals surface area contributed by atoms with Crippen molar-refractivity contribution in [3.05, 3.63) is 87.2 Å². The highest BCUT2D eigenvalue weighted by Crippen LogP contribution is 2.37. The smallest absolute Gasteiger partial charge is 0.258 e. The molecule has 2 atom stereocenters. The number of anilines is 2. The third-order valence-corrected chi connectivity index (χ3v) is 7.77. The van der Waals surface area contributed by atoms with Gasteiger partial charge >= 0.3 is 0 Å². The van der Waals surface area contributed by atoms with Crippen molar-refractivity contribution in [3.8, 4) is 6.07 Å². The standard InChI is InChI=1S/C32H35ClN8O/c1-7-19(2)41-17-27(38-39-41)30(23-9-8-10-24-22(23)11-12-40(6)31(24)42)37-21-13-25-28(36-18-32(3,4)5)20(15-34)16-35-29(25)26(33)14-21/h8-14,16-17,19,30,37H,7,18H2,1-6H3,(H,35,36)/t19?,30-/m0/s1.